The van der Waals surface area contributed by atoms with Gasteiger partial charge in [0.05, 0.1) is 12.3 Å². The van der Waals surface area contributed by atoms with Crippen LogP contribution in [0.2, 0.25) is 0 Å². The predicted octanol–water partition coefficient (Wildman–Crippen LogP) is 3.99. The van der Waals surface area contributed by atoms with E-state index in [0.29, 0.717) is 12.6 Å². The summed E-state index contributed by atoms with van der Waals surface area (Å²) in [4.78, 5) is 2.28. The molecule has 0 aliphatic heterocycles. The number of hydrogen-bond donors (Lipinski definition) is 1. The van der Waals surface area contributed by atoms with Crippen LogP contribution >= 0.6 is 0 Å². The van der Waals surface area contributed by atoms with Crippen LogP contribution in [0.4, 0.5) is 0 Å². The van der Waals surface area contributed by atoms with Crippen LogP contribution in [-0.4, -0.2) is 31.6 Å². The average molecular weight is 304 g/mol. The maximum Gasteiger partial charge on any atom is 0.119 e. The molecule has 1 unspecified atom stereocenters. The lowest BCUT2D eigenvalue weighted by Gasteiger charge is -2.42. The van der Waals surface area contributed by atoms with Crippen LogP contribution in [0.5, 0.6) is 5.75 Å². The van der Waals surface area contributed by atoms with Gasteiger partial charge in [0, 0.05) is 6.04 Å². The zero-order valence-corrected chi connectivity index (χ0v) is 14.9. The van der Waals surface area contributed by atoms with Crippen LogP contribution in [0.15, 0.2) is 24.3 Å². The highest BCUT2D eigenvalue weighted by Crippen LogP contribution is 2.30. The number of nitrogens with zero attached hydrogens (tertiary/aromatic N) is 1. The van der Waals surface area contributed by atoms with Gasteiger partial charge >= 0.3 is 0 Å². The smallest absolute Gasteiger partial charge is 0.119 e. The predicted molar refractivity (Wildman–Crippen MR) is 93.2 cm³/mol. The monoisotopic (exact) mass is 304 g/mol. The quantitative estimate of drug-likeness (QED) is 0.804. The Hall–Kier alpha value is -1.06. The first-order chi connectivity index (χ1) is 10.5. The van der Waals surface area contributed by atoms with Crippen LogP contribution in [0.25, 0.3) is 0 Å². The van der Waals surface area contributed by atoms with Crippen molar-refractivity contribution in [1.29, 1.82) is 0 Å². The first-order valence-corrected chi connectivity index (χ1v) is 8.64. The van der Waals surface area contributed by atoms with E-state index in [1.165, 1.54) is 31.2 Å². The summed E-state index contributed by atoms with van der Waals surface area (Å²) in [5.41, 5.74) is 1.15. The van der Waals surface area contributed by atoms with E-state index in [1.807, 2.05) is 6.92 Å². The van der Waals surface area contributed by atoms with Gasteiger partial charge in [-0.1, -0.05) is 19.1 Å². The molecule has 0 heterocycles. The lowest BCUT2D eigenvalue weighted by molar-refractivity contribution is 0.0959. The fourth-order valence-corrected chi connectivity index (χ4v) is 3.31. The first-order valence-electron chi connectivity index (χ1n) is 8.64. The van der Waals surface area contributed by atoms with Gasteiger partial charge in [-0.3, -0.25) is 10.2 Å². The molecule has 0 amide bonds. The Morgan fingerprint density at radius 3 is 2.23 bits per heavy atom. The lowest BCUT2D eigenvalue weighted by Crippen LogP contribution is -2.55. The number of hydrogen-bond acceptors (Lipinski definition) is 3. The Bertz CT molecular complexity index is 449. The van der Waals surface area contributed by atoms with E-state index in [2.05, 4.69) is 62.4 Å². The van der Waals surface area contributed by atoms with Crippen LogP contribution in [-0.2, 0) is 5.66 Å². The molecule has 1 aliphatic rings. The molecule has 1 aliphatic carbocycles. The first kappa shape index (κ1) is 17.3. The third-order valence-electron chi connectivity index (χ3n) is 5.12. The van der Waals surface area contributed by atoms with E-state index in [9.17, 15) is 0 Å². The van der Waals surface area contributed by atoms with Crippen LogP contribution in [0.1, 0.15) is 52.0 Å². The zero-order chi connectivity index (χ0) is 16.2. The second-order valence-corrected chi connectivity index (χ2v) is 7.03. The summed E-state index contributed by atoms with van der Waals surface area (Å²) < 4.78 is 5.56. The summed E-state index contributed by atoms with van der Waals surface area (Å²) in [6, 6.07) is 9.12. The Kier molecular flexibility index (Phi) is 5.87. The topological polar surface area (TPSA) is 24.5 Å². The van der Waals surface area contributed by atoms with Crippen molar-refractivity contribution in [3.63, 3.8) is 0 Å². The van der Waals surface area contributed by atoms with E-state index in [1.54, 1.807) is 0 Å². The minimum absolute atomic E-state index is 0.143. The third kappa shape index (κ3) is 4.02. The third-order valence-corrected chi connectivity index (χ3v) is 5.12. The van der Waals surface area contributed by atoms with Gasteiger partial charge in [-0.05, 0) is 77.2 Å². The molecule has 0 radical (unpaired) electrons. The summed E-state index contributed by atoms with van der Waals surface area (Å²) in [5.74, 6) is 1.83. The minimum atomic E-state index is -0.143. The highest BCUT2D eigenvalue weighted by molar-refractivity contribution is 5.31. The molecular weight excluding hydrogens is 272 g/mol. The second-order valence-electron chi connectivity index (χ2n) is 7.03. The Balaban J connectivity index is 2.13. The van der Waals surface area contributed by atoms with Crippen molar-refractivity contribution < 1.29 is 4.74 Å². The SMILES string of the molecule is CCOc1ccc(C(C)(NC2CCC(C)CC2)N(C)C)cc1. The molecule has 0 bridgehead atoms. The van der Waals surface area contributed by atoms with E-state index >= 15 is 0 Å². The van der Waals surface area contributed by atoms with E-state index in [-0.39, 0.29) is 5.66 Å². The molecule has 0 aromatic heterocycles. The summed E-state index contributed by atoms with van der Waals surface area (Å²) in [6.07, 6.45) is 5.23. The molecule has 1 N–H and O–H groups in total. The molecule has 1 saturated carbocycles. The highest BCUT2D eigenvalue weighted by atomic mass is 16.5. The second kappa shape index (κ2) is 7.47. The normalized spacial score (nSPS) is 25.0. The van der Waals surface area contributed by atoms with Crippen molar-refractivity contribution in [2.75, 3.05) is 20.7 Å². The lowest BCUT2D eigenvalue weighted by atomic mass is 9.86. The zero-order valence-electron chi connectivity index (χ0n) is 14.9. The summed E-state index contributed by atoms with van der Waals surface area (Å²) in [6.45, 7) is 7.38. The van der Waals surface area contributed by atoms with Crippen molar-refractivity contribution in [2.45, 2.75) is 58.2 Å². The largest absolute Gasteiger partial charge is 0.494 e. The molecule has 3 heteroatoms. The molecule has 2 rings (SSSR count). The van der Waals surface area contributed by atoms with Crippen molar-refractivity contribution in [2.24, 2.45) is 5.92 Å². The Labute approximate surface area is 136 Å². The molecule has 1 atom stereocenters. The van der Waals surface area contributed by atoms with Gasteiger partial charge in [-0.2, -0.15) is 0 Å². The van der Waals surface area contributed by atoms with Gasteiger partial charge < -0.3 is 4.74 Å². The molecule has 1 fully saturated rings. The Morgan fingerprint density at radius 2 is 1.73 bits per heavy atom. The molecule has 1 aromatic carbocycles. The van der Waals surface area contributed by atoms with E-state index in [0.717, 1.165) is 11.7 Å². The molecule has 3 nitrogen and oxygen atoms in total. The van der Waals surface area contributed by atoms with Crippen molar-refractivity contribution in [3.8, 4) is 5.75 Å². The fourth-order valence-electron chi connectivity index (χ4n) is 3.31. The number of rotatable bonds is 6. The van der Waals surface area contributed by atoms with Crippen LogP contribution in [0, 0.1) is 5.92 Å². The highest BCUT2D eigenvalue weighted by Gasteiger charge is 2.32. The number of nitrogens with one attached hydrogen (secondary N) is 1. The van der Waals surface area contributed by atoms with Gasteiger partial charge in [0.25, 0.3) is 0 Å². The number of benzene rings is 1. The van der Waals surface area contributed by atoms with Gasteiger partial charge in [-0.15, -0.1) is 0 Å². The van der Waals surface area contributed by atoms with Crippen LogP contribution in [0.3, 0.4) is 0 Å². The maximum absolute atomic E-state index is 5.56. The average Bonchev–Trinajstić information content (AvgIpc) is 2.50. The van der Waals surface area contributed by atoms with Gasteiger partial charge in [-0.25, -0.2) is 0 Å². The van der Waals surface area contributed by atoms with Gasteiger partial charge in [0.15, 0.2) is 0 Å². The molecule has 124 valence electrons. The fraction of sp³-hybridized carbons (Fsp3) is 0.684. The molecule has 0 spiro atoms. The molecule has 22 heavy (non-hydrogen) atoms. The van der Waals surface area contributed by atoms with Crippen LogP contribution < -0.4 is 10.1 Å². The summed E-state index contributed by atoms with van der Waals surface area (Å²) in [5, 5.41) is 3.91. The maximum atomic E-state index is 5.56. The summed E-state index contributed by atoms with van der Waals surface area (Å²) in [7, 11) is 4.30. The van der Waals surface area contributed by atoms with E-state index in [4.69, 9.17) is 4.74 Å². The van der Waals surface area contributed by atoms with Crippen molar-refractivity contribution >= 4 is 0 Å². The Morgan fingerprint density at radius 1 is 1.14 bits per heavy atom. The van der Waals surface area contributed by atoms with Gasteiger partial charge in [0.1, 0.15) is 5.75 Å². The molecule has 1 aromatic rings. The molecule has 0 saturated heterocycles. The van der Waals surface area contributed by atoms with Crippen molar-refractivity contribution in [3.05, 3.63) is 29.8 Å². The minimum Gasteiger partial charge on any atom is -0.494 e. The molecular formula is C19H32N2O. The summed E-state index contributed by atoms with van der Waals surface area (Å²) >= 11 is 0. The van der Waals surface area contributed by atoms with Gasteiger partial charge in [0.2, 0.25) is 0 Å². The standard InChI is InChI=1S/C19H32N2O/c1-6-22-18-13-9-16(10-14-18)19(3,21(4)5)20-17-11-7-15(2)8-12-17/h9-10,13-15,17,20H,6-8,11-12H2,1-5H3. The van der Waals surface area contributed by atoms with E-state index < -0.39 is 0 Å². The number of ether oxygens (including phenoxy) is 1. The van der Waals surface area contributed by atoms with Crippen molar-refractivity contribution in [1.82, 2.24) is 10.2 Å².